The number of rotatable bonds is 3. The lowest BCUT2D eigenvalue weighted by Gasteiger charge is -2.18. The van der Waals surface area contributed by atoms with Crippen LogP contribution in [0.15, 0.2) is 46.9 Å². The Balaban J connectivity index is 2.24. The Labute approximate surface area is 125 Å². The fraction of sp³-hybridized carbons (Fsp3) is 0.143. The van der Waals surface area contributed by atoms with Crippen LogP contribution in [0.1, 0.15) is 18.5 Å². The Morgan fingerprint density at radius 3 is 2.28 bits per heavy atom. The fourth-order valence-corrected chi connectivity index (χ4v) is 2.63. The highest BCUT2D eigenvalue weighted by atomic mass is 79.9. The van der Waals surface area contributed by atoms with Crippen molar-refractivity contribution in [2.45, 2.75) is 13.0 Å². The Hall–Kier alpha value is -0.700. The Morgan fingerprint density at radius 1 is 1.06 bits per heavy atom. The van der Waals surface area contributed by atoms with Crippen LogP contribution in [0.2, 0.25) is 10.0 Å². The van der Waals surface area contributed by atoms with Crippen LogP contribution in [0.4, 0.5) is 5.69 Å². The second kappa shape index (κ2) is 5.96. The average Bonchev–Trinajstić information content (AvgIpc) is 2.34. The van der Waals surface area contributed by atoms with E-state index in [0.29, 0.717) is 10.0 Å². The molecule has 0 saturated carbocycles. The van der Waals surface area contributed by atoms with Crippen LogP contribution in [0.5, 0.6) is 0 Å². The number of benzene rings is 2. The third-order valence-corrected chi connectivity index (χ3v) is 3.80. The molecule has 2 rings (SSSR count). The van der Waals surface area contributed by atoms with Gasteiger partial charge in [-0.05, 0) is 36.8 Å². The van der Waals surface area contributed by atoms with Crippen molar-refractivity contribution in [1.29, 1.82) is 0 Å². The molecule has 1 nitrogen and oxygen atoms in total. The molecule has 0 heterocycles. The second-order valence-corrected chi connectivity index (χ2v) is 5.75. The minimum atomic E-state index is 0.125. The molecular formula is C14H12BrCl2N. The standard InChI is InChI=1S/C14H12BrCl2N/c1-9(10-4-2-5-11(15)8-10)18-14-12(16)6-3-7-13(14)17/h2-9,18H,1H3. The van der Waals surface area contributed by atoms with Crippen molar-refractivity contribution in [3.8, 4) is 0 Å². The summed E-state index contributed by atoms with van der Waals surface area (Å²) in [6.07, 6.45) is 0. The van der Waals surface area contributed by atoms with Gasteiger partial charge >= 0.3 is 0 Å². The van der Waals surface area contributed by atoms with Crippen molar-refractivity contribution in [2.24, 2.45) is 0 Å². The van der Waals surface area contributed by atoms with Crippen LogP contribution in [-0.2, 0) is 0 Å². The zero-order valence-corrected chi connectivity index (χ0v) is 12.9. The van der Waals surface area contributed by atoms with Gasteiger partial charge in [0.05, 0.1) is 15.7 Å². The maximum absolute atomic E-state index is 6.14. The smallest absolute Gasteiger partial charge is 0.0723 e. The molecule has 0 saturated heterocycles. The van der Waals surface area contributed by atoms with E-state index < -0.39 is 0 Å². The summed E-state index contributed by atoms with van der Waals surface area (Å²) in [6.45, 7) is 2.07. The van der Waals surface area contributed by atoms with Gasteiger partial charge < -0.3 is 5.32 Å². The largest absolute Gasteiger partial charge is 0.376 e. The molecule has 0 bridgehead atoms. The lowest BCUT2D eigenvalue weighted by molar-refractivity contribution is 0.884. The molecule has 18 heavy (non-hydrogen) atoms. The van der Waals surface area contributed by atoms with Gasteiger partial charge in [-0.1, -0.05) is 57.3 Å². The van der Waals surface area contributed by atoms with E-state index in [1.807, 2.05) is 30.3 Å². The normalized spacial score (nSPS) is 12.2. The van der Waals surface area contributed by atoms with Crippen LogP contribution >= 0.6 is 39.1 Å². The molecule has 0 aliphatic heterocycles. The molecule has 0 aliphatic carbocycles. The quantitative estimate of drug-likeness (QED) is 0.727. The van der Waals surface area contributed by atoms with Gasteiger partial charge in [0.25, 0.3) is 0 Å². The molecular weight excluding hydrogens is 333 g/mol. The predicted molar refractivity (Wildman–Crippen MR) is 82.6 cm³/mol. The van der Waals surface area contributed by atoms with E-state index in [0.717, 1.165) is 10.2 Å². The van der Waals surface area contributed by atoms with Crippen molar-refractivity contribution in [1.82, 2.24) is 0 Å². The highest BCUT2D eigenvalue weighted by Crippen LogP contribution is 2.33. The molecule has 2 aromatic carbocycles. The summed E-state index contributed by atoms with van der Waals surface area (Å²) in [5.41, 5.74) is 1.94. The lowest BCUT2D eigenvalue weighted by atomic mass is 10.1. The lowest BCUT2D eigenvalue weighted by Crippen LogP contribution is -2.07. The van der Waals surface area contributed by atoms with E-state index in [4.69, 9.17) is 23.2 Å². The topological polar surface area (TPSA) is 12.0 Å². The Kier molecular flexibility index (Phi) is 4.55. The van der Waals surface area contributed by atoms with Crippen molar-refractivity contribution >= 4 is 44.8 Å². The van der Waals surface area contributed by atoms with Gasteiger partial charge in [-0.3, -0.25) is 0 Å². The van der Waals surface area contributed by atoms with Gasteiger partial charge in [-0.15, -0.1) is 0 Å². The summed E-state index contributed by atoms with van der Waals surface area (Å²) >= 11 is 15.7. The van der Waals surface area contributed by atoms with Gasteiger partial charge in [-0.25, -0.2) is 0 Å². The first-order chi connectivity index (χ1) is 8.58. The SMILES string of the molecule is CC(Nc1c(Cl)cccc1Cl)c1cccc(Br)c1. The van der Waals surface area contributed by atoms with Gasteiger partial charge in [0.15, 0.2) is 0 Å². The number of anilines is 1. The first-order valence-corrected chi connectivity index (χ1v) is 7.09. The third-order valence-electron chi connectivity index (χ3n) is 2.67. The van der Waals surface area contributed by atoms with E-state index in [2.05, 4.69) is 40.3 Å². The average molecular weight is 345 g/mol. The van der Waals surface area contributed by atoms with E-state index >= 15 is 0 Å². The molecule has 0 aromatic heterocycles. The van der Waals surface area contributed by atoms with Crippen LogP contribution in [-0.4, -0.2) is 0 Å². The number of halogens is 3. The number of nitrogens with one attached hydrogen (secondary N) is 1. The molecule has 0 radical (unpaired) electrons. The van der Waals surface area contributed by atoms with Crippen LogP contribution in [0.25, 0.3) is 0 Å². The van der Waals surface area contributed by atoms with Crippen LogP contribution in [0, 0.1) is 0 Å². The molecule has 0 aliphatic rings. The van der Waals surface area contributed by atoms with Gasteiger partial charge in [0.2, 0.25) is 0 Å². The summed E-state index contributed by atoms with van der Waals surface area (Å²) in [6, 6.07) is 13.7. The predicted octanol–water partition coefficient (Wildman–Crippen LogP) is 5.93. The molecule has 2 aromatic rings. The second-order valence-electron chi connectivity index (χ2n) is 4.02. The summed E-state index contributed by atoms with van der Waals surface area (Å²) < 4.78 is 1.05. The molecule has 1 N–H and O–H groups in total. The van der Waals surface area contributed by atoms with Crippen molar-refractivity contribution in [2.75, 3.05) is 5.32 Å². The summed E-state index contributed by atoms with van der Waals surface area (Å²) in [7, 11) is 0. The molecule has 0 amide bonds. The fourth-order valence-electron chi connectivity index (χ4n) is 1.71. The molecule has 1 unspecified atom stereocenters. The summed E-state index contributed by atoms with van der Waals surface area (Å²) in [5.74, 6) is 0. The Bertz CT molecular complexity index is 537. The number of hydrogen-bond donors (Lipinski definition) is 1. The summed E-state index contributed by atoms with van der Waals surface area (Å²) in [5, 5.41) is 4.60. The molecule has 4 heteroatoms. The van der Waals surface area contributed by atoms with Crippen molar-refractivity contribution in [3.63, 3.8) is 0 Å². The van der Waals surface area contributed by atoms with E-state index in [1.165, 1.54) is 5.56 Å². The maximum Gasteiger partial charge on any atom is 0.0723 e. The minimum absolute atomic E-state index is 0.125. The van der Waals surface area contributed by atoms with E-state index in [-0.39, 0.29) is 6.04 Å². The van der Waals surface area contributed by atoms with E-state index in [9.17, 15) is 0 Å². The van der Waals surface area contributed by atoms with Crippen molar-refractivity contribution in [3.05, 3.63) is 62.5 Å². The summed E-state index contributed by atoms with van der Waals surface area (Å²) in [4.78, 5) is 0. The Morgan fingerprint density at radius 2 is 1.67 bits per heavy atom. The van der Waals surface area contributed by atoms with Gasteiger partial charge in [0, 0.05) is 10.5 Å². The van der Waals surface area contributed by atoms with Crippen LogP contribution < -0.4 is 5.32 Å². The third kappa shape index (κ3) is 3.19. The molecule has 94 valence electrons. The highest BCUT2D eigenvalue weighted by molar-refractivity contribution is 9.10. The van der Waals surface area contributed by atoms with Gasteiger partial charge in [-0.2, -0.15) is 0 Å². The highest BCUT2D eigenvalue weighted by Gasteiger charge is 2.10. The molecule has 0 fully saturated rings. The zero-order valence-electron chi connectivity index (χ0n) is 9.75. The first kappa shape index (κ1) is 13.7. The zero-order chi connectivity index (χ0) is 13.1. The minimum Gasteiger partial charge on any atom is -0.376 e. The van der Waals surface area contributed by atoms with Crippen molar-refractivity contribution < 1.29 is 0 Å². The maximum atomic E-state index is 6.14. The number of para-hydroxylation sites is 1. The molecule has 0 spiro atoms. The molecule has 1 atom stereocenters. The monoisotopic (exact) mass is 343 g/mol. The number of hydrogen-bond acceptors (Lipinski definition) is 1. The van der Waals surface area contributed by atoms with Gasteiger partial charge in [0.1, 0.15) is 0 Å². The van der Waals surface area contributed by atoms with E-state index in [1.54, 1.807) is 0 Å². The first-order valence-electron chi connectivity index (χ1n) is 5.54. The van der Waals surface area contributed by atoms with Crippen LogP contribution in [0.3, 0.4) is 0 Å².